The highest BCUT2D eigenvalue weighted by atomic mass is 19.4. The van der Waals surface area contributed by atoms with E-state index in [4.69, 9.17) is 4.74 Å². The molecule has 2 aromatic carbocycles. The highest BCUT2D eigenvalue weighted by molar-refractivity contribution is 5.92. The maximum atomic E-state index is 13.9. The molecule has 180 valence electrons. The molecule has 6 nitrogen and oxygen atoms in total. The van der Waals surface area contributed by atoms with Crippen molar-refractivity contribution in [2.24, 2.45) is 0 Å². The smallest absolute Gasteiger partial charge is 0.381 e. The lowest BCUT2D eigenvalue weighted by Gasteiger charge is -2.34. The van der Waals surface area contributed by atoms with Crippen molar-refractivity contribution in [3.05, 3.63) is 53.9 Å². The Hall–Kier alpha value is -3.07. The molecule has 1 aliphatic carbocycles. The maximum Gasteiger partial charge on any atom is 0.418 e. The topological polar surface area (TPSA) is 59.4 Å². The van der Waals surface area contributed by atoms with Crippen molar-refractivity contribution in [3.8, 4) is 0 Å². The van der Waals surface area contributed by atoms with Gasteiger partial charge in [-0.3, -0.25) is 4.79 Å². The van der Waals surface area contributed by atoms with Crippen molar-refractivity contribution in [2.45, 2.75) is 50.4 Å². The van der Waals surface area contributed by atoms with Gasteiger partial charge in [-0.2, -0.15) is 13.2 Å². The Morgan fingerprint density at radius 3 is 2.53 bits per heavy atom. The molecule has 0 atom stereocenters. The second-order valence-electron chi connectivity index (χ2n) is 9.02. The van der Waals surface area contributed by atoms with E-state index in [1.54, 1.807) is 18.1 Å². The number of imidazole rings is 1. The third-order valence-corrected chi connectivity index (χ3v) is 6.63. The minimum absolute atomic E-state index is 0.0000194. The molecule has 1 N–H and O–H groups in total. The molecule has 1 aromatic heterocycles. The van der Waals surface area contributed by atoms with Crippen LogP contribution in [0.3, 0.4) is 0 Å². The molecule has 2 fully saturated rings. The van der Waals surface area contributed by atoms with E-state index >= 15 is 0 Å². The fourth-order valence-electron chi connectivity index (χ4n) is 4.71. The van der Waals surface area contributed by atoms with Gasteiger partial charge in [0.15, 0.2) is 0 Å². The third-order valence-electron chi connectivity index (χ3n) is 6.63. The van der Waals surface area contributed by atoms with Crippen LogP contribution in [0.2, 0.25) is 0 Å². The van der Waals surface area contributed by atoms with Crippen LogP contribution < -0.4 is 10.2 Å². The number of anilines is 2. The number of ether oxygens (including phenoxy) is 1. The van der Waals surface area contributed by atoms with Crippen molar-refractivity contribution >= 4 is 28.3 Å². The lowest BCUT2D eigenvalue weighted by Crippen LogP contribution is -2.37. The van der Waals surface area contributed by atoms with Gasteiger partial charge in [0.25, 0.3) is 0 Å². The highest BCUT2D eigenvalue weighted by Gasteiger charge is 2.36. The van der Waals surface area contributed by atoms with Gasteiger partial charge in [0.2, 0.25) is 5.91 Å². The Balaban J connectivity index is 1.36. The number of nitrogens with one attached hydrogen (secondary N) is 1. The first kappa shape index (κ1) is 22.7. The number of carbonyl (C=O) groups excluding carboxylic acids is 1. The molecule has 1 saturated carbocycles. The van der Waals surface area contributed by atoms with Crippen molar-refractivity contribution in [2.75, 3.05) is 30.4 Å². The summed E-state index contributed by atoms with van der Waals surface area (Å²) in [6.07, 6.45) is -1.05. The molecular formula is C25H27F3N4O2. The maximum absolute atomic E-state index is 13.9. The number of carbonyl (C=O) groups is 1. The summed E-state index contributed by atoms with van der Waals surface area (Å²) in [5.74, 6) is 0.813. The number of rotatable bonds is 6. The zero-order valence-corrected chi connectivity index (χ0v) is 18.9. The minimum atomic E-state index is -4.53. The van der Waals surface area contributed by atoms with E-state index in [-0.39, 0.29) is 29.9 Å². The predicted octanol–water partition coefficient (Wildman–Crippen LogP) is 5.19. The fraction of sp³-hybridized carbons (Fsp3) is 0.440. The van der Waals surface area contributed by atoms with Gasteiger partial charge in [0, 0.05) is 37.5 Å². The van der Waals surface area contributed by atoms with E-state index in [1.807, 2.05) is 28.8 Å². The Bertz CT molecular complexity index is 1190. The molecule has 1 amide bonds. The van der Waals surface area contributed by atoms with Gasteiger partial charge in [-0.1, -0.05) is 12.1 Å². The van der Waals surface area contributed by atoms with E-state index in [0.29, 0.717) is 31.8 Å². The van der Waals surface area contributed by atoms with Gasteiger partial charge in [-0.15, -0.1) is 0 Å². The minimum Gasteiger partial charge on any atom is -0.381 e. The van der Waals surface area contributed by atoms with Crippen LogP contribution >= 0.6 is 0 Å². The first-order chi connectivity index (χ1) is 16.3. The second kappa shape index (κ2) is 8.94. The largest absolute Gasteiger partial charge is 0.418 e. The molecule has 2 heterocycles. The van der Waals surface area contributed by atoms with Crippen molar-refractivity contribution in [1.82, 2.24) is 9.55 Å². The van der Waals surface area contributed by atoms with Crippen LogP contribution in [-0.2, 0) is 22.3 Å². The predicted molar refractivity (Wildman–Crippen MR) is 124 cm³/mol. The molecule has 5 rings (SSSR count). The van der Waals surface area contributed by atoms with Crippen LogP contribution in [-0.4, -0.2) is 41.8 Å². The van der Waals surface area contributed by atoms with Crippen LogP contribution in [0.1, 0.15) is 43.0 Å². The monoisotopic (exact) mass is 472 g/mol. The fourth-order valence-corrected chi connectivity index (χ4v) is 4.71. The molecule has 34 heavy (non-hydrogen) atoms. The summed E-state index contributed by atoms with van der Waals surface area (Å²) in [5, 5.41) is 2.66. The third kappa shape index (κ3) is 4.61. The molecule has 1 saturated heterocycles. The number of aromatic nitrogens is 2. The Morgan fingerprint density at radius 1 is 1.12 bits per heavy atom. The zero-order valence-electron chi connectivity index (χ0n) is 18.9. The summed E-state index contributed by atoms with van der Waals surface area (Å²) in [4.78, 5) is 19.3. The average Bonchev–Trinajstić information content (AvgIpc) is 3.61. The van der Waals surface area contributed by atoms with Crippen LogP contribution in [0, 0.1) is 0 Å². The number of methoxy groups -OCH3 is 1. The Labute approximate surface area is 195 Å². The van der Waals surface area contributed by atoms with E-state index in [2.05, 4.69) is 10.3 Å². The number of amides is 1. The summed E-state index contributed by atoms with van der Waals surface area (Å²) in [6, 6.07) is 11.6. The normalized spacial score (nSPS) is 17.4. The average molecular weight is 473 g/mol. The number of fused-ring (bicyclic) bond motifs is 1. The molecule has 0 bridgehead atoms. The van der Waals surface area contributed by atoms with Crippen LogP contribution in [0.15, 0.2) is 42.5 Å². The second-order valence-corrected chi connectivity index (χ2v) is 9.02. The van der Waals surface area contributed by atoms with Crippen LogP contribution in [0.5, 0.6) is 0 Å². The lowest BCUT2D eigenvalue weighted by atomic mass is 10.0. The van der Waals surface area contributed by atoms with Crippen LogP contribution in [0.4, 0.5) is 24.5 Å². The van der Waals surface area contributed by atoms with E-state index in [1.165, 1.54) is 6.07 Å². The Morgan fingerprint density at radius 2 is 1.85 bits per heavy atom. The SMILES string of the molecule is COC1CCN(c2ccc(NC(=O)Cn3c(C4CC4)nc4ccccc43)cc2C(F)(F)F)CC1. The first-order valence-corrected chi connectivity index (χ1v) is 11.6. The quantitative estimate of drug-likeness (QED) is 0.537. The summed E-state index contributed by atoms with van der Waals surface area (Å²) in [5.41, 5.74) is 1.19. The van der Waals surface area contributed by atoms with Crippen molar-refractivity contribution in [3.63, 3.8) is 0 Å². The number of para-hydroxylation sites is 2. The summed E-state index contributed by atoms with van der Waals surface area (Å²) in [7, 11) is 1.62. The van der Waals surface area contributed by atoms with Gasteiger partial charge in [-0.25, -0.2) is 4.98 Å². The molecule has 0 spiro atoms. The number of hydrogen-bond donors (Lipinski definition) is 1. The highest BCUT2D eigenvalue weighted by Crippen LogP contribution is 2.41. The van der Waals surface area contributed by atoms with Crippen LogP contribution in [0.25, 0.3) is 11.0 Å². The van der Waals surface area contributed by atoms with Crippen molar-refractivity contribution in [1.29, 1.82) is 0 Å². The van der Waals surface area contributed by atoms with Gasteiger partial charge in [0.1, 0.15) is 12.4 Å². The molecular weight excluding hydrogens is 445 g/mol. The molecule has 1 aliphatic heterocycles. The number of hydrogen-bond acceptors (Lipinski definition) is 4. The summed E-state index contributed by atoms with van der Waals surface area (Å²) >= 11 is 0. The number of nitrogens with zero attached hydrogens (tertiary/aromatic N) is 3. The molecule has 2 aliphatic rings. The molecule has 0 unspecified atom stereocenters. The molecule has 9 heteroatoms. The lowest BCUT2D eigenvalue weighted by molar-refractivity contribution is -0.137. The van der Waals surface area contributed by atoms with Gasteiger partial charge in [-0.05, 0) is 56.0 Å². The van der Waals surface area contributed by atoms with Gasteiger partial charge >= 0.3 is 6.18 Å². The number of alkyl halides is 3. The van der Waals surface area contributed by atoms with E-state index in [9.17, 15) is 18.0 Å². The van der Waals surface area contributed by atoms with Gasteiger partial charge in [0.05, 0.1) is 22.7 Å². The number of piperidine rings is 1. The molecule has 3 aromatic rings. The van der Waals surface area contributed by atoms with E-state index in [0.717, 1.165) is 35.8 Å². The van der Waals surface area contributed by atoms with Crippen molar-refractivity contribution < 1.29 is 22.7 Å². The molecule has 0 radical (unpaired) electrons. The zero-order chi connectivity index (χ0) is 23.9. The summed E-state index contributed by atoms with van der Waals surface area (Å²) in [6.45, 7) is 0.982. The Kier molecular flexibility index (Phi) is 5.97. The number of benzene rings is 2. The number of halogens is 3. The van der Waals surface area contributed by atoms with E-state index < -0.39 is 11.7 Å². The standard InChI is InChI=1S/C25H27F3N4O2/c1-34-18-10-12-31(13-11-18)21-9-8-17(14-19(21)25(26,27)28)29-23(33)15-32-22-5-3-2-4-20(22)30-24(32)16-6-7-16/h2-5,8-9,14,16,18H,6-7,10-13,15H2,1H3,(H,29,33). The van der Waals surface area contributed by atoms with Gasteiger partial charge < -0.3 is 19.5 Å². The first-order valence-electron chi connectivity index (χ1n) is 11.6. The summed E-state index contributed by atoms with van der Waals surface area (Å²) < 4.78 is 49.0.